The summed E-state index contributed by atoms with van der Waals surface area (Å²) in [7, 11) is -3.30. The zero-order valence-electron chi connectivity index (χ0n) is 23.6. The number of carbonyl (C=O) groups excluding carboxylic acids is 1. The molecule has 6 rings (SSSR count). The van der Waals surface area contributed by atoms with Crippen LogP contribution in [0.15, 0.2) is 53.6 Å². The van der Waals surface area contributed by atoms with E-state index in [4.69, 9.17) is 5.10 Å². The molecule has 1 aromatic carbocycles. The molecule has 2 aromatic heterocycles. The number of rotatable bonds is 9. The summed E-state index contributed by atoms with van der Waals surface area (Å²) in [6, 6.07) is 14.6. The van der Waals surface area contributed by atoms with Crippen LogP contribution in [0.4, 0.5) is 4.79 Å². The average Bonchev–Trinajstić information content (AvgIpc) is 3.90. The first-order chi connectivity index (χ1) is 19.2. The average molecular weight is 562 g/mol. The fraction of sp³-hybridized carbons (Fsp3) is 0.516. The van der Waals surface area contributed by atoms with Crippen molar-refractivity contribution in [2.75, 3.05) is 18.8 Å². The van der Waals surface area contributed by atoms with Gasteiger partial charge in [-0.15, -0.1) is 0 Å². The van der Waals surface area contributed by atoms with Gasteiger partial charge in [0, 0.05) is 48.8 Å². The number of aromatic nitrogens is 3. The summed E-state index contributed by atoms with van der Waals surface area (Å²) in [5.41, 5.74) is 5.75. The number of likely N-dealkylation sites (tertiary alicyclic amines) is 1. The van der Waals surface area contributed by atoms with Gasteiger partial charge >= 0.3 is 6.03 Å². The highest BCUT2D eigenvalue weighted by Gasteiger charge is 2.41. The monoisotopic (exact) mass is 561 g/mol. The van der Waals surface area contributed by atoms with E-state index in [9.17, 15) is 13.2 Å². The van der Waals surface area contributed by atoms with E-state index in [1.54, 1.807) is 19.1 Å². The molecule has 8 nitrogen and oxygen atoms in total. The van der Waals surface area contributed by atoms with Gasteiger partial charge in [-0.1, -0.05) is 31.2 Å². The predicted octanol–water partition coefficient (Wildman–Crippen LogP) is 5.50. The largest absolute Gasteiger partial charge is 0.332 e. The van der Waals surface area contributed by atoms with Gasteiger partial charge in [0.15, 0.2) is 9.84 Å². The Balaban J connectivity index is 1.23. The first-order valence-corrected chi connectivity index (χ1v) is 16.3. The van der Waals surface area contributed by atoms with Crippen LogP contribution >= 0.6 is 0 Å². The standard InChI is InChI=1S/C31H39N5O3S/c1-4-40(38,39)26-13-12-25(32-17-26)16-33-31(37)35-18-27(24-7-5-6-23(14-24)21-8-9-21)28(19-35)30-15-29(22-10-11-22)34-36(30)20(2)3/h5-7,12-15,17,20-22,27-28H,4,8-11,16,18-19H2,1-3H3,(H,33,37). The number of amides is 2. The molecule has 9 heteroatoms. The zero-order chi connectivity index (χ0) is 28.0. The van der Waals surface area contributed by atoms with Crippen LogP contribution < -0.4 is 5.32 Å². The lowest BCUT2D eigenvalue weighted by molar-refractivity contribution is 0.207. The van der Waals surface area contributed by atoms with Crippen LogP contribution in [0.2, 0.25) is 0 Å². The molecule has 2 amide bonds. The Kier molecular flexibility index (Phi) is 7.19. The van der Waals surface area contributed by atoms with E-state index in [1.165, 1.54) is 54.4 Å². The third-order valence-corrected chi connectivity index (χ3v) is 10.3. The highest BCUT2D eigenvalue weighted by atomic mass is 32.2. The Hall–Kier alpha value is -3.20. The Labute approximate surface area is 237 Å². The number of nitrogens with zero attached hydrogens (tertiary/aromatic N) is 4. The van der Waals surface area contributed by atoms with Crippen molar-refractivity contribution in [3.8, 4) is 0 Å². The molecular formula is C31H39N5O3S. The van der Waals surface area contributed by atoms with Gasteiger partial charge in [0.1, 0.15) is 0 Å². The molecule has 3 heterocycles. The first kappa shape index (κ1) is 27.0. The van der Waals surface area contributed by atoms with Crippen molar-refractivity contribution in [2.24, 2.45) is 0 Å². The van der Waals surface area contributed by atoms with Crippen LogP contribution in [-0.4, -0.2) is 53.0 Å². The van der Waals surface area contributed by atoms with Gasteiger partial charge in [0.05, 0.1) is 28.6 Å². The molecule has 2 saturated carbocycles. The van der Waals surface area contributed by atoms with Crippen molar-refractivity contribution >= 4 is 15.9 Å². The zero-order valence-corrected chi connectivity index (χ0v) is 24.4. The second-order valence-corrected chi connectivity index (χ2v) is 14.2. The van der Waals surface area contributed by atoms with E-state index in [0.29, 0.717) is 30.6 Å². The third-order valence-electron chi connectivity index (χ3n) is 8.60. The number of sulfone groups is 1. The van der Waals surface area contributed by atoms with Crippen LogP contribution in [0.5, 0.6) is 0 Å². The van der Waals surface area contributed by atoms with Gasteiger partial charge in [-0.25, -0.2) is 13.2 Å². The smallest absolute Gasteiger partial charge is 0.317 e. The minimum atomic E-state index is -3.30. The minimum absolute atomic E-state index is 0.0312. The number of pyridine rings is 1. The van der Waals surface area contributed by atoms with Crippen molar-refractivity contribution in [2.45, 2.75) is 87.6 Å². The lowest BCUT2D eigenvalue weighted by atomic mass is 9.85. The predicted molar refractivity (Wildman–Crippen MR) is 154 cm³/mol. The van der Waals surface area contributed by atoms with Crippen molar-refractivity contribution in [3.05, 3.63) is 76.9 Å². The molecule has 3 aliphatic rings. The maximum absolute atomic E-state index is 13.4. The molecular weight excluding hydrogens is 522 g/mol. The minimum Gasteiger partial charge on any atom is -0.332 e. The molecule has 0 radical (unpaired) electrons. The highest BCUT2D eigenvalue weighted by molar-refractivity contribution is 7.91. The highest BCUT2D eigenvalue weighted by Crippen LogP contribution is 2.46. The molecule has 1 N–H and O–H groups in total. The molecule has 0 spiro atoms. The van der Waals surface area contributed by atoms with Crippen LogP contribution in [0.25, 0.3) is 0 Å². The molecule has 3 fully saturated rings. The van der Waals surface area contributed by atoms with E-state index in [-0.39, 0.29) is 41.1 Å². The van der Waals surface area contributed by atoms with Crippen molar-refractivity contribution in [3.63, 3.8) is 0 Å². The first-order valence-electron chi connectivity index (χ1n) is 14.6. The van der Waals surface area contributed by atoms with Gasteiger partial charge < -0.3 is 10.2 Å². The number of carbonyl (C=O) groups is 1. The summed E-state index contributed by atoms with van der Waals surface area (Å²) in [4.78, 5) is 19.8. The summed E-state index contributed by atoms with van der Waals surface area (Å²) in [6.07, 6.45) is 6.31. The molecule has 0 bridgehead atoms. The lowest BCUT2D eigenvalue weighted by Gasteiger charge is -2.22. The van der Waals surface area contributed by atoms with Gasteiger partial charge in [0.2, 0.25) is 0 Å². The van der Waals surface area contributed by atoms with E-state index in [1.807, 2.05) is 4.90 Å². The van der Waals surface area contributed by atoms with Gasteiger partial charge in [0.25, 0.3) is 0 Å². The Morgan fingerprint density at radius 3 is 2.38 bits per heavy atom. The normalized spacial score (nSPS) is 21.2. The second-order valence-electron chi connectivity index (χ2n) is 11.9. The quantitative estimate of drug-likeness (QED) is 0.372. The molecule has 1 aliphatic heterocycles. The van der Waals surface area contributed by atoms with Crippen molar-refractivity contribution in [1.82, 2.24) is 25.0 Å². The SMILES string of the molecule is CCS(=O)(=O)c1ccc(CNC(=O)N2CC(c3cccc(C4CC4)c3)C(c3cc(C4CC4)nn3C(C)C)C2)nc1. The number of benzene rings is 1. The third kappa shape index (κ3) is 5.53. The fourth-order valence-corrected chi connectivity index (χ4v) is 6.73. The molecule has 2 aliphatic carbocycles. The second kappa shape index (κ2) is 10.7. The molecule has 212 valence electrons. The number of hydrogen-bond donors (Lipinski definition) is 1. The summed E-state index contributed by atoms with van der Waals surface area (Å²) >= 11 is 0. The summed E-state index contributed by atoms with van der Waals surface area (Å²) < 4.78 is 26.4. The van der Waals surface area contributed by atoms with Crippen LogP contribution in [0.3, 0.4) is 0 Å². The van der Waals surface area contributed by atoms with Crippen molar-refractivity contribution in [1.29, 1.82) is 0 Å². The summed E-state index contributed by atoms with van der Waals surface area (Å²) in [6.45, 7) is 7.47. The number of hydrogen-bond acceptors (Lipinski definition) is 5. The molecule has 1 saturated heterocycles. The summed E-state index contributed by atoms with van der Waals surface area (Å²) in [5, 5.41) is 8.04. The fourth-order valence-electron chi connectivity index (χ4n) is 5.91. The molecule has 2 atom stereocenters. The van der Waals surface area contributed by atoms with Gasteiger partial charge in [-0.2, -0.15) is 5.10 Å². The Morgan fingerprint density at radius 1 is 1.00 bits per heavy atom. The number of nitrogens with one attached hydrogen (secondary N) is 1. The van der Waals surface area contributed by atoms with E-state index in [2.05, 4.69) is 59.2 Å². The lowest BCUT2D eigenvalue weighted by Crippen LogP contribution is -2.38. The van der Waals surface area contributed by atoms with Crippen LogP contribution in [0.1, 0.15) is 104 Å². The maximum Gasteiger partial charge on any atom is 0.317 e. The molecule has 3 aromatic rings. The molecule has 40 heavy (non-hydrogen) atoms. The van der Waals surface area contributed by atoms with Crippen LogP contribution in [0, 0.1) is 0 Å². The van der Waals surface area contributed by atoms with Crippen molar-refractivity contribution < 1.29 is 13.2 Å². The van der Waals surface area contributed by atoms with E-state index in [0.717, 1.165) is 0 Å². The molecule has 2 unspecified atom stereocenters. The van der Waals surface area contributed by atoms with Gasteiger partial charge in [-0.05, 0) is 74.8 Å². The van der Waals surface area contributed by atoms with E-state index < -0.39 is 9.84 Å². The summed E-state index contributed by atoms with van der Waals surface area (Å²) in [5.74, 6) is 1.61. The maximum atomic E-state index is 13.4. The van der Waals surface area contributed by atoms with E-state index >= 15 is 0 Å². The van der Waals surface area contributed by atoms with Gasteiger partial charge in [-0.3, -0.25) is 9.67 Å². The Morgan fingerprint density at radius 2 is 1.73 bits per heavy atom. The Bertz CT molecular complexity index is 1490. The van der Waals surface area contributed by atoms with Crippen LogP contribution in [-0.2, 0) is 16.4 Å². The number of urea groups is 1. The topological polar surface area (TPSA) is 97.2 Å².